The molecule has 2 aromatic carbocycles. The summed E-state index contributed by atoms with van der Waals surface area (Å²) in [5.74, 6) is -2.21. The van der Waals surface area contributed by atoms with Crippen LogP contribution in [0.4, 0.5) is 22.0 Å². The average Bonchev–Trinajstić information content (AvgIpc) is 2.63. The highest BCUT2D eigenvalue weighted by Gasteiger charge is 2.32. The number of alkyl halides is 3. The number of piperazine rings is 1. The van der Waals surface area contributed by atoms with Crippen molar-refractivity contribution in [3.63, 3.8) is 0 Å². The minimum absolute atomic E-state index is 0.157. The topological polar surface area (TPSA) is 24.5 Å². The summed E-state index contributed by atoms with van der Waals surface area (Å²) >= 11 is 0. The first-order chi connectivity index (χ1) is 12.8. The molecule has 3 nitrogen and oxygen atoms in total. The SMILES string of the molecule is Cc1ccc([C@H](c2ccc(OC(F)(F)F)cc2)N2CCNCC2)c(F)c1F. The summed E-state index contributed by atoms with van der Waals surface area (Å²) in [5, 5.41) is 3.19. The van der Waals surface area contributed by atoms with Crippen molar-refractivity contribution in [3.05, 3.63) is 64.7 Å². The second-order valence-corrected chi connectivity index (χ2v) is 6.40. The first kappa shape index (κ1) is 19.6. The van der Waals surface area contributed by atoms with E-state index in [1.165, 1.54) is 43.3 Å². The van der Waals surface area contributed by atoms with E-state index in [9.17, 15) is 22.0 Å². The summed E-state index contributed by atoms with van der Waals surface area (Å²) in [6.07, 6.45) is -4.79. The van der Waals surface area contributed by atoms with Crippen molar-refractivity contribution in [1.82, 2.24) is 10.2 Å². The Morgan fingerprint density at radius 2 is 1.59 bits per heavy atom. The highest BCUT2D eigenvalue weighted by molar-refractivity contribution is 5.38. The maximum atomic E-state index is 14.7. The molecule has 1 aliphatic heterocycles. The number of nitrogens with zero attached hydrogens (tertiary/aromatic N) is 1. The van der Waals surface area contributed by atoms with Crippen molar-refractivity contribution in [1.29, 1.82) is 0 Å². The quantitative estimate of drug-likeness (QED) is 0.799. The smallest absolute Gasteiger partial charge is 0.406 e. The Kier molecular flexibility index (Phi) is 5.67. The lowest BCUT2D eigenvalue weighted by atomic mass is 9.94. The summed E-state index contributed by atoms with van der Waals surface area (Å²) < 4.78 is 69.8. The number of rotatable bonds is 4. The molecule has 0 radical (unpaired) electrons. The number of hydrogen-bond acceptors (Lipinski definition) is 3. The number of nitrogens with one attached hydrogen (secondary N) is 1. The summed E-state index contributed by atoms with van der Waals surface area (Å²) in [5.41, 5.74) is 0.919. The molecule has 0 saturated carbocycles. The molecule has 8 heteroatoms. The van der Waals surface area contributed by atoms with Gasteiger partial charge < -0.3 is 10.1 Å². The Hall–Kier alpha value is -2.19. The van der Waals surface area contributed by atoms with Crippen LogP contribution < -0.4 is 10.1 Å². The number of halogens is 5. The van der Waals surface area contributed by atoms with E-state index in [1.54, 1.807) is 0 Å². The zero-order valence-electron chi connectivity index (χ0n) is 14.6. The van der Waals surface area contributed by atoms with Crippen LogP contribution in [0.25, 0.3) is 0 Å². The van der Waals surface area contributed by atoms with Gasteiger partial charge in [-0.25, -0.2) is 8.78 Å². The number of benzene rings is 2. The van der Waals surface area contributed by atoms with E-state index in [4.69, 9.17) is 0 Å². The Morgan fingerprint density at radius 1 is 0.963 bits per heavy atom. The zero-order valence-corrected chi connectivity index (χ0v) is 14.6. The largest absolute Gasteiger partial charge is 0.573 e. The molecule has 1 heterocycles. The van der Waals surface area contributed by atoms with Crippen molar-refractivity contribution in [2.75, 3.05) is 26.2 Å². The van der Waals surface area contributed by atoms with Gasteiger partial charge in [-0.2, -0.15) is 0 Å². The predicted octanol–water partition coefficient (Wildman–Crippen LogP) is 4.17. The third-order valence-electron chi connectivity index (χ3n) is 4.55. The minimum Gasteiger partial charge on any atom is -0.406 e. The second kappa shape index (κ2) is 7.82. The normalized spacial score (nSPS) is 17.0. The van der Waals surface area contributed by atoms with E-state index in [0.717, 1.165) is 0 Å². The van der Waals surface area contributed by atoms with Crippen LogP contribution in [0.1, 0.15) is 22.7 Å². The Labute approximate surface area is 153 Å². The molecule has 0 aliphatic carbocycles. The van der Waals surface area contributed by atoms with Gasteiger partial charge in [0, 0.05) is 31.7 Å². The van der Waals surface area contributed by atoms with Gasteiger partial charge in [0.1, 0.15) is 5.75 Å². The molecular formula is C19H19F5N2O. The number of ether oxygens (including phenoxy) is 1. The lowest BCUT2D eigenvalue weighted by Crippen LogP contribution is -2.45. The van der Waals surface area contributed by atoms with Crippen molar-refractivity contribution >= 4 is 0 Å². The molecule has 1 fully saturated rings. The standard InChI is InChI=1S/C19H19F5N2O/c1-12-2-7-15(17(21)16(12)20)18(26-10-8-25-9-11-26)13-3-5-14(6-4-13)27-19(22,23)24/h2-7,18,25H,8-11H2,1H3/t18-/m0/s1. The van der Waals surface area contributed by atoms with Gasteiger partial charge in [-0.15, -0.1) is 13.2 Å². The molecule has 146 valence electrons. The van der Waals surface area contributed by atoms with Gasteiger partial charge in [0.25, 0.3) is 0 Å². The Balaban J connectivity index is 1.99. The molecule has 1 aliphatic rings. The van der Waals surface area contributed by atoms with Crippen LogP contribution in [0, 0.1) is 18.6 Å². The fourth-order valence-corrected chi connectivity index (χ4v) is 3.25. The molecule has 2 aromatic rings. The van der Waals surface area contributed by atoms with Crippen molar-refractivity contribution in [3.8, 4) is 5.75 Å². The van der Waals surface area contributed by atoms with Gasteiger partial charge in [-0.1, -0.05) is 24.3 Å². The van der Waals surface area contributed by atoms with E-state index in [-0.39, 0.29) is 16.9 Å². The lowest BCUT2D eigenvalue weighted by molar-refractivity contribution is -0.274. The van der Waals surface area contributed by atoms with Crippen molar-refractivity contribution in [2.45, 2.75) is 19.3 Å². The van der Waals surface area contributed by atoms with Crippen LogP contribution in [0.5, 0.6) is 5.75 Å². The molecule has 1 saturated heterocycles. The van der Waals surface area contributed by atoms with E-state index < -0.39 is 24.0 Å². The minimum atomic E-state index is -4.79. The summed E-state index contributed by atoms with van der Waals surface area (Å²) in [6.45, 7) is 4.04. The summed E-state index contributed by atoms with van der Waals surface area (Å²) in [6, 6.07) is 7.68. The molecule has 27 heavy (non-hydrogen) atoms. The van der Waals surface area contributed by atoms with Gasteiger partial charge in [-0.05, 0) is 30.2 Å². The summed E-state index contributed by atoms with van der Waals surface area (Å²) in [4.78, 5) is 1.98. The average molecular weight is 386 g/mol. The molecule has 0 amide bonds. The Morgan fingerprint density at radius 3 is 2.19 bits per heavy atom. The predicted molar refractivity (Wildman–Crippen MR) is 90.5 cm³/mol. The first-order valence-electron chi connectivity index (χ1n) is 8.51. The highest BCUT2D eigenvalue weighted by Crippen LogP contribution is 2.34. The molecular weight excluding hydrogens is 367 g/mol. The molecule has 3 rings (SSSR count). The highest BCUT2D eigenvalue weighted by atomic mass is 19.4. The van der Waals surface area contributed by atoms with Gasteiger partial charge in [0.15, 0.2) is 11.6 Å². The number of hydrogen-bond donors (Lipinski definition) is 1. The van der Waals surface area contributed by atoms with E-state index >= 15 is 0 Å². The molecule has 0 bridgehead atoms. The molecule has 1 N–H and O–H groups in total. The zero-order chi connectivity index (χ0) is 19.6. The first-order valence-corrected chi connectivity index (χ1v) is 8.51. The maximum absolute atomic E-state index is 14.7. The van der Waals surface area contributed by atoms with E-state index in [0.29, 0.717) is 31.7 Å². The maximum Gasteiger partial charge on any atom is 0.573 e. The van der Waals surface area contributed by atoms with E-state index in [1.807, 2.05) is 4.90 Å². The molecule has 1 atom stereocenters. The van der Waals surface area contributed by atoms with Crippen LogP contribution in [-0.4, -0.2) is 37.4 Å². The van der Waals surface area contributed by atoms with Crippen LogP contribution in [0.15, 0.2) is 36.4 Å². The molecule has 0 spiro atoms. The van der Waals surface area contributed by atoms with Crippen LogP contribution in [-0.2, 0) is 0 Å². The van der Waals surface area contributed by atoms with Crippen LogP contribution in [0.2, 0.25) is 0 Å². The molecule has 0 aromatic heterocycles. The van der Waals surface area contributed by atoms with Crippen LogP contribution >= 0.6 is 0 Å². The van der Waals surface area contributed by atoms with Gasteiger partial charge in [0.2, 0.25) is 0 Å². The van der Waals surface area contributed by atoms with E-state index in [2.05, 4.69) is 10.1 Å². The lowest BCUT2D eigenvalue weighted by Gasteiger charge is -2.36. The van der Waals surface area contributed by atoms with Gasteiger partial charge >= 0.3 is 6.36 Å². The van der Waals surface area contributed by atoms with Gasteiger partial charge in [0.05, 0.1) is 6.04 Å². The fourth-order valence-electron chi connectivity index (χ4n) is 3.25. The van der Waals surface area contributed by atoms with Crippen molar-refractivity contribution < 1.29 is 26.7 Å². The monoisotopic (exact) mass is 386 g/mol. The van der Waals surface area contributed by atoms with Crippen molar-refractivity contribution in [2.24, 2.45) is 0 Å². The second-order valence-electron chi connectivity index (χ2n) is 6.40. The number of aryl methyl sites for hydroxylation is 1. The van der Waals surface area contributed by atoms with Gasteiger partial charge in [-0.3, -0.25) is 4.90 Å². The molecule has 0 unspecified atom stereocenters. The third-order valence-corrected chi connectivity index (χ3v) is 4.55. The summed E-state index contributed by atoms with van der Waals surface area (Å²) in [7, 11) is 0. The fraction of sp³-hybridized carbons (Fsp3) is 0.368. The Bertz CT molecular complexity index is 786. The van der Waals surface area contributed by atoms with Crippen LogP contribution in [0.3, 0.4) is 0 Å². The third kappa shape index (κ3) is 4.56.